The summed E-state index contributed by atoms with van der Waals surface area (Å²) in [5, 5.41) is 15.6. The molecule has 0 radical (unpaired) electrons. The van der Waals surface area contributed by atoms with Crippen molar-refractivity contribution >= 4 is 64.6 Å². The SMILES string of the molecule is c1ccc2c(-c3cccc4c5cccc6ccc7cccc(c8ccccc8c34)c7c65)cccc2c1. The molecule has 0 nitrogen and oxygen atoms in total. The van der Waals surface area contributed by atoms with Gasteiger partial charge >= 0.3 is 0 Å². The van der Waals surface area contributed by atoms with E-state index < -0.39 is 0 Å². The lowest BCUT2D eigenvalue weighted by Gasteiger charge is -2.16. The Morgan fingerprint density at radius 3 is 1.39 bits per heavy atom. The molecule has 8 aromatic carbocycles. The highest BCUT2D eigenvalue weighted by molar-refractivity contribution is 6.34. The highest BCUT2D eigenvalue weighted by atomic mass is 14.2. The Morgan fingerprint density at radius 1 is 0.222 bits per heavy atom. The van der Waals surface area contributed by atoms with E-state index in [1.54, 1.807) is 0 Å². The third-order valence-electron chi connectivity index (χ3n) is 7.81. The van der Waals surface area contributed by atoms with Gasteiger partial charge in [0, 0.05) is 0 Å². The molecule has 36 heavy (non-hydrogen) atoms. The van der Waals surface area contributed by atoms with Gasteiger partial charge in [0.2, 0.25) is 0 Å². The van der Waals surface area contributed by atoms with Crippen LogP contribution in [0.1, 0.15) is 0 Å². The topological polar surface area (TPSA) is 0 Å². The fourth-order valence-electron chi connectivity index (χ4n) is 6.29. The maximum atomic E-state index is 2.31. The van der Waals surface area contributed by atoms with Crippen molar-refractivity contribution in [3.8, 4) is 11.1 Å². The fraction of sp³-hybridized carbons (Fsp3) is 0. The summed E-state index contributed by atoms with van der Waals surface area (Å²) in [5.74, 6) is 0. The van der Waals surface area contributed by atoms with E-state index in [4.69, 9.17) is 0 Å². The lowest BCUT2D eigenvalue weighted by Crippen LogP contribution is -1.88. The molecule has 0 aliphatic rings. The molecular weight excluding hydrogens is 432 g/mol. The first-order valence-electron chi connectivity index (χ1n) is 12.5. The predicted octanol–water partition coefficient (Wildman–Crippen LogP) is 10.3. The lowest BCUT2D eigenvalue weighted by atomic mass is 9.87. The summed E-state index contributed by atoms with van der Waals surface area (Å²) >= 11 is 0. The second kappa shape index (κ2) is 7.41. The van der Waals surface area contributed by atoms with Gasteiger partial charge in [-0.05, 0) is 75.8 Å². The summed E-state index contributed by atoms with van der Waals surface area (Å²) in [4.78, 5) is 0. The average molecular weight is 455 g/mol. The minimum atomic E-state index is 1.27. The summed E-state index contributed by atoms with van der Waals surface area (Å²) in [5.41, 5.74) is 2.55. The third-order valence-corrected chi connectivity index (χ3v) is 7.81. The molecule has 8 rings (SSSR count). The molecule has 0 saturated heterocycles. The van der Waals surface area contributed by atoms with Crippen molar-refractivity contribution in [3.05, 3.63) is 133 Å². The van der Waals surface area contributed by atoms with Crippen LogP contribution in [0.25, 0.3) is 75.8 Å². The second-order valence-corrected chi connectivity index (χ2v) is 9.67. The monoisotopic (exact) mass is 454 g/mol. The number of hydrogen-bond donors (Lipinski definition) is 0. The highest BCUT2D eigenvalue weighted by Crippen LogP contribution is 2.43. The number of hydrogen-bond acceptors (Lipinski definition) is 0. The van der Waals surface area contributed by atoms with E-state index in [0.717, 1.165) is 0 Å². The number of benzene rings is 7. The molecule has 0 unspecified atom stereocenters. The molecule has 0 fully saturated rings. The van der Waals surface area contributed by atoms with E-state index in [1.807, 2.05) is 0 Å². The van der Waals surface area contributed by atoms with Crippen molar-refractivity contribution in [1.29, 1.82) is 0 Å². The van der Waals surface area contributed by atoms with Crippen molar-refractivity contribution in [2.24, 2.45) is 0 Å². The molecule has 0 spiro atoms. The third kappa shape index (κ3) is 2.64. The summed E-state index contributed by atoms with van der Waals surface area (Å²) < 4.78 is 0. The van der Waals surface area contributed by atoms with Crippen LogP contribution in [0.15, 0.2) is 133 Å². The van der Waals surface area contributed by atoms with E-state index >= 15 is 0 Å². The first-order valence-corrected chi connectivity index (χ1v) is 12.5. The number of rotatable bonds is 1. The van der Waals surface area contributed by atoms with Gasteiger partial charge in [-0.25, -0.2) is 0 Å². The standard InChI is InChI=1S/C36H22/c1-2-13-26-23(9-1)10-5-16-27(26)31-19-8-20-33-32-18-7-12-25-22-21-24-11-6-17-29(34(24)35(25)32)28-14-3-4-15-30(28)36(31)33/h1-22H. The van der Waals surface area contributed by atoms with Gasteiger partial charge < -0.3 is 0 Å². The lowest BCUT2D eigenvalue weighted by molar-refractivity contribution is 1.70. The van der Waals surface area contributed by atoms with Crippen molar-refractivity contribution in [1.82, 2.24) is 0 Å². The molecule has 0 atom stereocenters. The Kier molecular flexibility index (Phi) is 4.03. The van der Waals surface area contributed by atoms with Crippen LogP contribution in [0.5, 0.6) is 0 Å². The Morgan fingerprint density at radius 2 is 0.639 bits per heavy atom. The number of fused-ring (bicyclic) bond motifs is 6. The van der Waals surface area contributed by atoms with E-state index in [1.165, 1.54) is 75.8 Å². The molecule has 0 aliphatic carbocycles. The normalized spacial score (nSPS) is 11.9. The van der Waals surface area contributed by atoms with Gasteiger partial charge in [-0.2, -0.15) is 0 Å². The maximum absolute atomic E-state index is 2.31. The van der Waals surface area contributed by atoms with Crippen LogP contribution in [0.2, 0.25) is 0 Å². The second-order valence-electron chi connectivity index (χ2n) is 9.67. The molecule has 0 heterocycles. The predicted molar refractivity (Wildman–Crippen MR) is 157 cm³/mol. The Balaban J connectivity index is 1.74. The average Bonchev–Trinajstić information content (AvgIpc) is 2.95. The van der Waals surface area contributed by atoms with Crippen molar-refractivity contribution in [2.75, 3.05) is 0 Å². The van der Waals surface area contributed by atoms with Gasteiger partial charge in [0.05, 0.1) is 0 Å². The van der Waals surface area contributed by atoms with Crippen LogP contribution in [0.3, 0.4) is 0 Å². The zero-order chi connectivity index (χ0) is 23.6. The molecule has 8 aromatic rings. The van der Waals surface area contributed by atoms with Crippen LogP contribution in [0.4, 0.5) is 0 Å². The first-order chi connectivity index (χ1) is 17.9. The molecule has 0 bridgehead atoms. The Hall–Kier alpha value is -4.68. The van der Waals surface area contributed by atoms with Gasteiger partial charge in [-0.3, -0.25) is 0 Å². The van der Waals surface area contributed by atoms with Gasteiger partial charge in [-0.15, -0.1) is 0 Å². The van der Waals surface area contributed by atoms with Gasteiger partial charge in [0.25, 0.3) is 0 Å². The largest absolute Gasteiger partial charge is 0.0616 e. The highest BCUT2D eigenvalue weighted by Gasteiger charge is 2.15. The maximum Gasteiger partial charge on any atom is -0.00201 e. The molecule has 0 saturated carbocycles. The minimum Gasteiger partial charge on any atom is -0.0616 e. The smallest absolute Gasteiger partial charge is 0.00201 e. The first kappa shape index (κ1) is 19.6. The van der Waals surface area contributed by atoms with Crippen molar-refractivity contribution in [3.63, 3.8) is 0 Å². The van der Waals surface area contributed by atoms with Crippen molar-refractivity contribution in [2.45, 2.75) is 0 Å². The van der Waals surface area contributed by atoms with Gasteiger partial charge in [0.1, 0.15) is 0 Å². The van der Waals surface area contributed by atoms with E-state index in [2.05, 4.69) is 133 Å². The summed E-state index contributed by atoms with van der Waals surface area (Å²) in [6.45, 7) is 0. The minimum absolute atomic E-state index is 1.27. The van der Waals surface area contributed by atoms with E-state index in [0.29, 0.717) is 0 Å². The van der Waals surface area contributed by atoms with Crippen molar-refractivity contribution < 1.29 is 0 Å². The molecule has 166 valence electrons. The molecule has 0 aromatic heterocycles. The molecular formula is C36H22. The van der Waals surface area contributed by atoms with Crippen LogP contribution in [0, 0.1) is 0 Å². The van der Waals surface area contributed by atoms with Gasteiger partial charge in [-0.1, -0.05) is 133 Å². The Labute approximate surface area is 209 Å². The fourth-order valence-corrected chi connectivity index (χ4v) is 6.29. The summed E-state index contributed by atoms with van der Waals surface area (Å²) in [6.07, 6.45) is 0. The van der Waals surface area contributed by atoms with Crippen LogP contribution in [-0.4, -0.2) is 0 Å². The quantitative estimate of drug-likeness (QED) is 0.216. The van der Waals surface area contributed by atoms with Crippen LogP contribution in [-0.2, 0) is 0 Å². The molecule has 0 N–H and O–H groups in total. The molecule has 0 amide bonds. The van der Waals surface area contributed by atoms with Gasteiger partial charge in [0.15, 0.2) is 0 Å². The van der Waals surface area contributed by atoms with Crippen LogP contribution < -0.4 is 0 Å². The molecule has 0 heteroatoms. The molecule has 0 aliphatic heterocycles. The van der Waals surface area contributed by atoms with E-state index in [9.17, 15) is 0 Å². The van der Waals surface area contributed by atoms with E-state index in [-0.39, 0.29) is 0 Å². The Bertz CT molecular complexity index is 2140. The zero-order valence-electron chi connectivity index (χ0n) is 19.7. The summed E-state index contributed by atoms with van der Waals surface area (Å²) in [7, 11) is 0. The zero-order valence-corrected chi connectivity index (χ0v) is 19.7. The van der Waals surface area contributed by atoms with Crippen LogP contribution >= 0.6 is 0 Å². The summed E-state index contributed by atoms with van der Waals surface area (Å²) in [6, 6.07) is 49.2.